The first kappa shape index (κ1) is 31.5. The lowest BCUT2D eigenvalue weighted by atomic mass is 9.95. The van der Waals surface area contributed by atoms with Crippen molar-refractivity contribution in [2.24, 2.45) is 0 Å². The second-order valence-electron chi connectivity index (χ2n) is 13.6. The summed E-state index contributed by atoms with van der Waals surface area (Å²) in [5.41, 5.74) is 13.0. The van der Waals surface area contributed by atoms with E-state index in [1.54, 1.807) is 0 Å². The van der Waals surface area contributed by atoms with Gasteiger partial charge in [-0.15, -0.1) is 0 Å². The van der Waals surface area contributed by atoms with E-state index in [1.165, 1.54) is 21.9 Å². The number of para-hydroxylation sites is 1. The molecule has 0 aliphatic carbocycles. The van der Waals surface area contributed by atoms with E-state index in [1.807, 2.05) is 0 Å². The summed E-state index contributed by atoms with van der Waals surface area (Å²) in [5, 5.41) is 10.3. The number of hydrogen-bond donors (Lipinski definition) is 0. The first-order chi connectivity index (χ1) is 26.8. The molecule has 54 heavy (non-hydrogen) atoms. The summed E-state index contributed by atoms with van der Waals surface area (Å²) in [5.74, 6) is 0. The zero-order chi connectivity index (χ0) is 35.8. The Kier molecular flexibility index (Phi) is 7.81. The number of pyridine rings is 1. The van der Waals surface area contributed by atoms with Gasteiger partial charge in [-0.1, -0.05) is 182 Å². The van der Waals surface area contributed by atoms with Crippen LogP contribution in [-0.2, 0) is 0 Å². The SMILES string of the molecule is c1ccc(-c2nn3c(-c4ccccc4)c(N(c4ccccc4)c4ccc(-c5ccc6ccccc6c5)cc4)c4ccccc4c3c2-c2ccccc2)cc1. The van der Waals surface area contributed by atoms with Gasteiger partial charge in [0.05, 0.1) is 16.9 Å². The summed E-state index contributed by atoms with van der Waals surface area (Å²) in [6.45, 7) is 0. The van der Waals surface area contributed by atoms with Gasteiger partial charge in [0.2, 0.25) is 0 Å². The van der Waals surface area contributed by atoms with Gasteiger partial charge in [0.15, 0.2) is 0 Å². The van der Waals surface area contributed by atoms with Crippen LogP contribution in [0.3, 0.4) is 0 Å². The third-order valence-corrected chi connectivity index (χ3v) is 10.4. The van der Waals surface area contributed by atoms with E-state index in [0.29, 0.717) is 0 Å². The highest BCUT2D eigenvalue weighted by molar-refractivity contribution is 6.15. The Bertz CT molecular complexity index is 2900. The van der Waals surface area contributed by atoms with Crippen LogP contribution in [0.25, 0.3) is 71.8 Å². The zero-order valence-electron chi connectivity index (χ0n) is 29.5. The fraction of sp³-hybridized carbons (Fsp3) is 0. The molecule has 0 unspecified atom stereocenters. The predicted molar refractivity (Wildman–Crippen MR) is 227 cm³/mol. The number of aromatic nitrogens is 2. The van der Waals surface area contributed by atoms with E-state index in [9.17, 15) is 0 Å². The minimum Gasteiger partial charge on any atom is -0.308 e. The van der Waals surface area contributed by atoms with E-state index in [0.717, 1.165) is 67.0 Å². The van der Waals surface area contributed by atoms with Crippen LogP contribution in [0.2, 0.25) is 0 Å². The Morgan fingerprint density at radius 3 is 1.57 bits per heavy atom. The van der Waals surface area contributed by atoms with Crippen molar-refractivity contribution in [3.05, 3.63) is 212 Å². The molecule has 0 aliphatic rings. The second-order valence-corrected chi connectivity index (χ2v) is 13.6. The summed E-state index contributed by atoms with van der Waals surface area (Å²) in [6, 6.07) is 75.7. The number of rotatable bonds is 7. The number of anilines is 3. The molecule has 0 saturated heterocycles. The van der Waals surface area contributed by atoms with Crippen molar-refractivity contribution in [2.75, 3.05) is 4.90 Å². The molecule has 2 heterocycles. The van der Waals surface area contributed by atoms with Crippen LogP contribution in [0.4, 0.5) is 17.1 Å². The van der Waals surface area contributed by atoms with Crippen LogP contribution in [0.1, 0.15) is 0 Å². The van der Waals surface area contributed by atoms with Crippen LogP contribution < -0.4 is 4.90 Å². The van der Waals surface area contributed by atoms with Gasteiger partial charge in [0.1, 0.15) is 5.69 Å². The average molecular weight is 690 g/mol. The van der Waals surface area contributed by atoms with Crippen molar-refractivity contribution in [3.63, 3.8) is 0 Å². The summed E-state index contributed by atoms with van der Waals surface area (Å²) in [7, 11) is 0. The van der Waals surface area contributed by atoms with E-state index >= 15 is 0 Å². The molecular weight excluding hydrogens is 655 g/mol. The molecule has 0 saturated carbocycles. The smallest absolute Gasteiger partial charge is 0.101 e. The maximum Gasteiger partial charge on any atom is 0.101 e. The van der Waals surface area contributed by atoms with Gasteiger partial charge >= 0.3 is 0 Å². The fourth-order valence-electron chi connectivity index (χ4n) is 7.87. The van der Waals surface area contributed by atoms with Crippen LogP contribution >= 0.6 is 0 Å². The molecule has 2 aromatic heterocycles. The summed E-state index contributed by atoms with van der Waals surface area (Å²) in [4.78, 5) is 2.40. The minimum atomic E-state index is 0.951. The quantitative estimate of drug-likeness (QED) is 0.166. The molecule has 3 nitrogen and oxygen atoms in total. The van der Waals surface area contributed by atoms with E-state index < -0.39 is 0 Å². The monoisotopic (exact) mass is 689 g/mol. The fourth-order valence-corrected chi connectivity index (χ4v) is 7.87. The molecule has 254 valence electrons. The standard InChI is InChI=1S/C51H35N3/c1-5-18-38(19-6-1)47-48(39-20-7-2-8-21-39)52-54-49(40-22-9-3-10-23-40)51(46-28-16-15-27-45(46)50(47)54)53(43-25-11-4-12-26-43)44-33-31-37(32-34-44)42-30-29-36-17-13-14-24-41(36)35-42/h1-35H. The average Bonchev–Trinajstić information content (AvgIpc) is 3.66. The van der Waals surface area contributed by atoms with Crippen LogP contribution in [0.15, 0.2) is 212 Å². The van der Waals surface area contributed by atoms with Crippen molar-refractivity contribution in [1.29, 1.82) is 0 Å². The summed E-state index contributed by atoms with van der Waals surface area (Å²) < 4.78 is 2.21. The lowest BCUT2D eigenvalue weighted by Gasteiger charge is -2.30. The molecule has 0 spiro atoms. The van der Waals surface area contributed by atoms with Crippen molar-refractivity contribution in [2.45, 2.75) is 0 Å². The van der Waals surface area contributed by atoms with Crippen molar-refractivity contribution < 1.29 is 0 Å². The van der Waals surface area contributed by atoms with E-state index in [-0.39, 0.29) is 0 Å². The number of hydrogen-bond acceptors (Lipinski definition) is 2. The molecule has 0 bridgehead atoms. The topological polar surface area (TPSA) is 20.5 Å². The molecular formula is C51H35N3. The van der Waals surface area contributed by atoms with Crippen molar-refractivity contribution in [3.8, 4) is 44.8 Å². The zero-order valence-corrected chi connectivity index (χ0v) is 29.5. The Labute approximate surface area is 314 Å². The van der Waals surface area contributed by atoms with Gasteiger partial charge in [0, 0.05) is 38.8 Å². The van der Waals surface area contributed by atoms with Gasteiger partial charge in [-0.3, -0.25) is 0 Å². The number of nitrogens with zero attached hydrogens (tertiary/aromatic N) is 3. The van der Waals surface area contributed by atoms with E-state index in [4.69, 9.17) is 5.10 Å². The highest BCUT2D eigenvalue weighted by Crippen LogP contribution is 2.49. The van der Waals surface area contributed by atoms with Crippen LogP contribution in [0, 0.1) is 0 Å². The van der Waals surface area contributed by atoms with Crippen LogP contribution in [0.5, 0.6) is 0 Å². The second kappa shape index (κ2) is 13.4. The molecule has 0 amide bonds. The first-order valence-corrected chi connectivity index (χ1v) is 18.4. The maximum absolute atomic E-state index is 5.58. The summed E-state index contributed by atoms with van der Waals surface area (Å²) in [6.07, 6.45) is 0. The first-order valence-electron chi connectivity index (χ1n) is 18.4. The lowest BCUT2D eigenvalue weighted by molar-refractivity contribution is 0.976. The Balaban J connectivity index is 1.29. The third-order valence-electron chi connectivity index (χ3n) is 10.4. The Hall–Kier alpha value is -7.23. The molecule has 10 aromatic rings. The molecule has 0 N–H and O–H groups in total. The Morgan fingerprint density at radius 1 is 0.370 bits per heavy atom. The highest BCUT2D eigenvalue weighted by Gasteiger charge is 2.28. The molecule has 3 heteroatoms. The number of benzene rings is 8. The molecule has 0 aliphatic heterocycles. The minimum absolute atomic E-state index is 0.951. The molecule has 0 fully saturated rings. The third kappa shape index (κ3) is 5.42. The molecule has 0 radical (unpaired) electrons. The summed E-state index contributed by atoms with van der Waals surface area (Å²) >= 11 is 0. The van der Waals surface area contributed by atoms with Crippen molar-refractivity contribution >= 4 is 44.1 Å². The van der Waals surface area contributed by atoms with Crippen LogP contribution in [-0.4, -0.2) is 9.61 Å². The highest BCUT2D eigenvalue weighted by atomic mass is 15.3. The maximum atomic E-state index is 5.58. The van der Waals surface area contributed by atoms with Gasteiger partial charge in [-0.25, -0.2) is 4.52 Å². The number of fused-ring (bicyclic) bond motifs is 4. The van der Waals surface area contributed by atoms with Crippen molar-refractivity contribution in [1.82, 2.24) is 9.61 Å². The predicted octanol–water partition coefficient (Wildman–Crippen LogP) is 13.8. The van der Waals surface area contributed by atoms with Gasteiger partial charge in [0.25, 0.3) is 0 Å². The van der Waals surface area contributed by atoms with Gasteiger partial charge < -0.3 is 4.90 Å². The van der Waals surface area contributed by atoms with E-state index in [2.05, 4.69) is 222 Å². The van der Waals surface area contributed by atoms with Gasteiger partial charge in [-0.05, 0) is 57.8 Å². The Morgan fingerprint density at radius 2 is 0.889 bits per heavy atom. The molecule has 8 aromatic carbocycles. The normalized spacial score (nSPS) is 11.3. The molecule has 10 rings (SSSR count). The molecule has 0 atom stereocenters. The largest absolute Gasteiger partial charge is 0.308 e. The lowest BCUT2D eigenvalue weighted by Crippen LogP contribution is -2.14. The van der Waals surface area contributed by atoms with Gasteiger partial charge in [-0.2, -0.15) is 5.10 Å².